The van der Waals surface area contributed by atoms with Crippen LogP contribution in [0.25, 0.3) is 0 Å². The largest absolute Gasteiger partial charge is 0.388 e. The molecule has 2 aromatic rings. The second-order valence-electron chi connectivity index (χ2n) is 4.58. The van der Waals surface area contributed by atoms with Crippen LogP contribution in [0, 0.1) is 6.92 Å². The highest BCUT2D eigenvalue weighted by molar-refractivity contribution is 7.89. The lowest BCUT2D eigenvalue weighted by molar-refractivity contribution is 0.169. The molecule has 0 saturated heterocycles. The van der Waals surface area contributed by atoms with Crippen molar-refractivity contribution < 1.29 is 13.5 Å². The van der Waals surface area contributed by atoms with Crippen LogP contribution in [0.3, 0.4) is 0 Å². The van der Waals surface area contributed by atoms with Gasteiger partial charge in [-0.3, -0.25) is 0 Å². The number of sulfonamides is 1. The third-order valence-electron chi connectivity index (χ3n) is 2.94. The standard InChI is InChI=1S/C14H17NO3S2/c1-11-3-2-4-13(9-11)20(17,18)15-7-5-14(16)12-6-8-19-10-12/h2-4,6,8-10,14-16H,5,7H2,1H3. The predicted octanol–water partition coefficient (Wildman–Crippen LogP) is 2.46. The summed E-state index contributed by atoms with van der Waals surface area (Å²) in [5, 5.41) is 13.6. The van der Waals surface area contributed by atoms with Crippen molar-refractivity contribution in [1.29, 1.82) is 0 Å². The molecule has 0 radical (unpaired) electrons. The highest BCUT2D eigenvalue weighted by Crippen LogP contribution is 2.19. The van der Waals surface area contributed by atoms with E-state index in [4.69, 9.17) is 0 Å². The molecule has 1 unspecified atom stereocenters. The SMILES string of the molecule is Cc1cccc(S(=O)(=O)NCCC(O)c2ccsc2)c1. The maximum absolute atomic E-state index is 12.1. The zero-order valence-electron chi connectivity index (χ0n) is 11.1. The van der Waals surface area contributed by atoms with Gasteiger partial charge in [0.15, 0.2) is 0 Å². The molecule has 0 amide bonds. The lowest BCUT2D eigenvalue weighted by Gasteiger charge is -2.10. The third kappa shape index (κ3) is 3.89. The molecule has 0 aliphatic heterocycles. The van der Waals surface area contributed by atoms with Crippen molar-refractivity contribution in [1.82, 2.24) is 4.72 Å². The Morgan fingerprint density at radius 1 is 1.35 bits per heavy atom. The van der Waals surface area contributed by atoms with Gasteiger partial charge in [0.25, 0.3) is 0 Å². The zero-order chi connectivity index (χ0) is 14.6. The molecule has 0 fully saturated rings. The fraction of sp³-hybridized carbons (Fsp3) is 0.286. The van der Waals surface area contributed by atoms with Crippen LogP contribution in [0.5, 0.6) is 0 Å². The van der Waals surface area contributed by atoms with E-state index in [9.17, 15) is 13.5 Å². The lowest BCUT2D eigenvalue weighted by Crippen LogP contribution is -2.26. The van der Waals surface area contributed by atoms with Crippen molar-refractivity contribution in [2.24, 2.45) is 0 Å². The number of nitrogens with one attached hydrogen (secondary N) is 1. The molecule has 1 atom stereocenters. The minimum atomic E-state index is -3.51. The van der Waals surface area contributed by atoms with E-state index in [2.05, 4.69) is 4.72 Å². The fourth-order valence-electron chi connectivity index (χ4n) is 1.83. The zero-order valence-corrected chi connectivity index (χ0v) is 12.7. The van der Waals surface area contributed by atoms with E-state index in [1.165, 1.54) is 11.3 Å². The Kier molecular flexibility index (Phi) is 4.93. The maximum atomic E-state index is 12.1. The third-order valence-corrected chi connectivity index (χ3v) is 5.10. The van der Waals surface area contributed by atoms with E-state index in [0.717, 1.165) is 11.1 Å². The molecule has 2 N–H and O–H groups in total. The van der Waals surface area contributed by atoms with Crippen LogP contribution in [-0.4, -0.2) is 20.1 Å². The van der Waals surface area contributed by atoms with E-state index >= 15 is 0 Å². The fourth-order valence-corrected chi connectivity index (χ4v) is 3.69. The van der Waals surface area contributed by atoms with Crippen LogP contribution in [0.2, 0.25) is 0 Å². The summed E-state index contributed by atoms with van der Waals surface area (Å²) >= 11 is 1.51. The van der Waals surface area contributed by atoms with Gasteiger partial charge in [0, 0.05) is 6.54 Å². The van der Waals surface area contributed by atoms with Crippen LogP contribution in [-0.2, 0) is 10.0 Å². The minimum absolute atomic E-state index is 0.202. The quantitative estimate of drug-likeness (QED) is 0.861. The van der Waals surface area contributed by atoms with Crippen molar-refractivity contribution in [3.05, 3.63) is 52.2 Å². The lowest BCUT2D eigenvalue weighted by atomic mass is 10.1. The first-order chi connectivity index (χ1) is 9.49. The second kappa shape index (κ2) is 6.49. The molecule has 1 aromatic carbocycles. The van der Waals surface area contributed by atoms with Gasteiger partial charge >= 0.3 is 0 Å². The molecule has 20 heavy (non-hydrogen) atoms. The Morgan fingerprint density at radius 2 is 2.15 bits per heavy atom. The summed E-state index contributed by atoms with van der Waals surface area (Å²) in [4.78, 5) is 0.252. The van der Waals surface area contributed by atoms with Gasteiger partial charge in [0.05, 0.1) is 11.0 Å². The Hall–Kier alpha value is -1.21. The van der Waals surface area contributed by atoms with E-state index in [-0.39, 0.29) is 11.4 Å². The summed E-state index contributed by atoms with van der Waals surface area (Å²) in [6, 6.07) is 8.58. The van der Waals surface area contributed by atoms with Gasteiger partial charge in [0.1, 0.15) is 0 Å². The minimum Gasteiger partial charge on any atom is -0.388 e. The van der Waals surface area contributed by atoms with E-state index < -0.39 is 16.1 Å². The van der Waals surface area contributed by atoms with Crippen LogP contribution in [0.4, 0.5) is 0 Å². The number of hydrogen-bond donors (Lipinski definition) is 2. The molecule has 0 aliphatic rings. The summed E-state index contributed by atoms with van der Waals surface area (Å²) in [7, 11) is -3.51. The number of rotatable bonds is 6. The van der Waals surface area contributed by atoms with Crippen molar-refractivity contribution in [3.8, 4) is 0 Å². The van der Waals surface area contributed by atoms with Gasteiger partial charge in [-0.25, -0.2) is 13.1 Å². The van der Waals surface area contributed by atoms with Crippen molar-refractivity contribution in [2.45, 2.75) is 24.3 Å². The maximum Gasteiger partial charge on any atom is 0.240 e. The Morgan fingerprint density at radius 3 is 2.80 bits per heavy atom. The molecule has 6 heteroatoms. The van der Waals surface area contributed by atoms with E-state index in [1.807, 2.05) is 29.8 Å². The van der Waals surface area contributed by atoms with Gasteiger partial charge in [-0.1, -0.05) is 12.1 Å². The summed E-state index contributed by atoms with van der Waals surface area (Å²) in [5.74, 6) is 0. The first-order valence-corrected chi connectivity index (χ1v) is 8.68. The molecule has 1 aromatic heterocycles. The van der Waals surface area contributed by atoms with Gasteiger partial charge in [0.2, 0.25) is 10.0 Å². The second-order valence-corrected chi connectivity index (χ2v) is 7.12. The molecule has 0 bridgehead atoms. The van der Waals surface area contributed by atoms with E-state index in [0.29, 0.717) is 6.42 Å². The van der Waals surface area contributed by atoms with Crippen LogP contribution in [0.1, 0.15) is 23.7 Å². The Balaban J connectivity index is 1.93. The van der Waals surface area contributed by atoms with Crippen molar-refractivity contribution in [2.75, 3.05) is 6.54 Å². The highest BCUT2D eigenvalue weighted by atomic mass is 32.2. The first-order valence-electron chi connectivity index (χ1n) is 6.25. The molecule has 0 aliphatic carbocycles. The molecular weight excluding hydrogens is 294 g/mol. The summed E-state index contributed by atoms with van der Waals surface area (Å²) < 4.78 is 26.6. The molecule has 1 heterocycles. The van der Waals surface area contributed by atoms with Crippen LogP contribution in [0.15, 0.2) is 46.0 Å². The predicted molar refractivity (Wildman–Crippen MR) is 80.3 cm³/mol. The topological polar surface area (TPSA) is 66.4 Å². The van der Waals surface area contributed by atoms with Crippen LogP contribution >= 0.6 is 11.3 Å². The number of thiophene rings is 1. The normalized spacial score (nSPS) is 13.3. The smallest absolute Gasteiger partial charge is 0.240 e. The molecule has 108 valence electrons. The summed E-state index contributed by atoms with van der Waals surface area (Å²) in [6.45, 7) is 2.05. The molecule has 0 spiro atoms. The molecular formula is C14H17NO3S2. The molecule has 4 nitrogen and oxygen atoms in total. The van der Waals surface area contributed by atoms with Gasteiger partial charge in [-0.2, -0.15) is 11.3 Å². The number of aryl methyl sites for hydroxylation is 1. The molecule has 0 saturated carbocycles. The Bertz CT molecular complexity index is 651. The number of benzene rings is 1. The average molecular weight is 311 g/mol. The highest BCUT2D eigenvalue weighted by Gasteiger charge is 2.15. The first kappa shape index (κ1) is 15.2. The summed E-state index contributed by atoms with van der Waals surface area (Å²) in [6.07, 6.45) is -0.289. The average Bonchev–Trinajstić information content (AvgIpc) is 2.92. The molecule has 2 rings (SSSR count). The number of aliphatic hydroxyl groups excluding tert-OH is 1. The van der Waals surface area contributed by atoms with Gasteiger partial charge in [-0.15, -0.1) is 0 Å². The van der Waals surface area contributed by atoms with Crippen LogP contribution < -0.4 is 4.72 Å². The van der Waals surface area contributed by atoms with Crippen molar-refractivity contribution >= 4 is 21.4 Å². The Labute approximate surface area is 123 Å². The van der Waals surface area contributed by atoms with E-state index in [1.54, 1.807) is 18.2 Å². The summed E-state index contributed by atoms with van der Waals surface area (Å²) in [5.41, 5.74) is 1.72. The monoisotopic (exact) mass is 311 g/mol. The van der Waals surface area contributed by atoms with Gasteiger partial charge < -0.3 is 5.11 Å². The van der Waals surface area contributed by atoms with Crippen molar-refractivity contribution in [3.63, 3.8) is 0 Å². The number of aliphatic hydroxyl groups is 1. The van der Waals surface area contributed by atoms with Gasteiger partial charge in [-0.05, 0) is 53.4 Å². The number of hydrogen-bond acceptors (Lipinski definition) is 4.